The Bertz CT molecular complexity index is 845. The summed E-state index contributed by atoms with van der Waals surface area (Å²) in [5.74, 6) is 0. The Morgan fingerprint density at radius 3 is 2.42 bits per heavy atom. The number of unbranched alkanes of at least 4 members (excludes halogenated alkanes) is 2. The number of hydrogen-bond donors (Lipinski definition) is 0. The SMILES string of the molecule is FC(F)(F)c1ccccc1CCCCC[C@@]1(c2ccccn2)CCOC2(CCCC2)C1. The van der Waals surface area contributed by atoms with Crippen LogP contribution < -0.4 is 0 Å². The number of aromatic nitrogens is 1. The fourth-order valence-corrected chi connectivity index (χ4v) is 5.77. The minimum atomic E-state index is -4.28. The lowest BCUT2D eigenvalue weighted by molar-refractivity contribution is -0.138. The van der Waals surface area contributed by atoms with E-state index in [1.165, 1.54) is 25.0 Å². The molecule has 2 heterocycles. The van der Waals surface area contributed by atoms with E-state index < -0.39 is 11.7 Å². The summed E-state index contributed by atoms with van der Waals surface area (Å²) in [4.78, 5) is 4.73. The minimum absolute atomic E-state index is 0.00141. The first-order valence-corrected chi connectivity index (χ1v) is 11.6. The fourth-order valence-electron chi connectivity index (χ4n) is 5.77. The Morgan fingerprint density at radius 2 is 1.68 bits per heavy atom. The third-order valence-electron chi connectivity index (χ3n) is 7.30. The molecule has 4 rings (SSSR count). The normalized spacial score (nSPS) is 23.3. The molecule has 1 aliphatic carbocycles. The molecule has 0 N–H and O–H groups in total. The van der Waals surface area contributed by atoms with E-state index in [1.807, 2.05) is 12.3 Å². The van der Waals surface area contributed by atoms with Crippen LogP contribution in [-0.2, 0) is 22.7 Å². The van der Waals surface area contributed by atoms with Gasteiger partial charge >= 0.3 is 6.18 Å². The van der Waals surface area contributed by atoms with Gasteiger partial charge in [0.1, 0.15) is 0 Å². The van der Waals surface area contributed by atoms with Crippen LogP contribution >= 0.6 is 0 Å². The third-order valence-corrected chi connectivity index (χ3v) is 7.30. The largest absolute Gasteiger partial charge is 0.416 e. The van der Waals surface area contributed by atoms with Crippen LogP contribution in [0, 0.1) is 0 Å². The van der Waals surface area contributed by atoms with Crippen molar-refractivity contribution >= 4 is 0 Å². The van der Waals surface area contributed by atoms with Crippen molar-refractivity contribution in [2.75, 3.05) is 6.61 Å². The highest BCUT2D eigenvalue weighted by Crippen LogP contribution is 2.50. The van der Waals surface area contributed by atoms with Crippen molar-refractivity contribution in [3.05, 3.63) is 65.5 Å². The first-order chi connectivity index (χ1) is 14.9. The molecule has 1 atom stereocenters. The first-order valence-electron chi connectivity index (χ1n) is 11.6. The molecule has 1 saturated heterocycles. The smallest absolute Gasteiger partial charge is 0.375 e. The highest BCUT2D eigenvalue weighted by molar-refractivity contribution is 5.29. The van der Waals surface area contributed by atoms with Crippen molar-refractivity contribution in [2.24, 2.45) is 0 Å². The molecule has 2 fully saturated rings. The molecule has 0 amide bonds. The Labute approximate surface area is 183 Å². The average Bonchev–Trinajstić information content (AvgIpc) is 3.21. The molecule has 0 unspecified atom stereocenters. The van der Waals surface area contributed by atoms with E-state index in [4.69, 9.17) is 9.72 Å². The van der Waals surface area contributed by atoms with Crippen LogP contribution in [0.4, 0.5) is 13.2 Å². The first kappa shape index (κ1) is 22.3. The Balaban J connectivity index is 1.39. The average molecular weight is 432 g/mol. The van der Waals surface area contributed by atoms with Gasteiger partial charge in [0.25, 0.3) is 0 Å². The van der Waals surface area contributed by atoms with E-state index in [1.54, 1.807) is 12.1 Å². The van der Waals surface area contributed by atoms with Crippen LogP contribution in [-0.4, -0.2) is 17.2 Å². The van der Waals surface area contributed by atoms with Crippen molar-refractivity contribution in [3.63, 3.8) is 0 Å². The predicted octanol–water partition coefficient (Wildman–Crippen LogP) is 7.26. The maximum absolute atomic E-state index is 13.2. The summed E-state index contributed by atoms with van der Waals surface area (Å²) in [5, 5.41) is 0. The maximum atomic E-state index is 13.2. The van der Waals surface area contributed by atoms with E-state index in [0.29, 0.717) is 12.0 Å². The molecule has 1 aliphatic heterocycles. The lowest BCUT2D eigenvalue weighted by Gasteiger charge is -2.46. The van der Waals surface area contributed by atoms with Gasteiger partial charge in [0.05, 0.1) is 11.2 Å². The number of ether oxygens (including phenoxy) is 1. The van der Waals surface area contributed by atoms with Crippen LogP contribution in [0.2, 0.25) is 0 Å². The number of alkyl halides is 3. The van der Waals surface area contributed by atoms with Gasteiger partial charge < -0.3 is 4.74 Å². The van der Waals surface area contributed by atoms with Gasteiger partial charge in [-0.2, -0.15) is 13.2 Å². The lowest BCUT2D eigenvalue weighted by atomic mass is 9.67. The van der Waals surface area contributed by atoms with Gasteiger partial charge in [-0.3, -0.25) is 4.98 Å². The second-order valence-corrected chi connectivity index (χ2v) is 9.38. The topological polar surface area (TPSA) is 22.1 Å². The van der Waals surface area contributed by atoms with Crippen LogP contribution in [0.5, 0.6) is 0 Å². The summed E-state index contributed by atoms with van der Waals surface area (Å²) >= 11 is 0. The molecule has 1 saturated carbocycles. The standard InChI is InChI=1S/C26H32F3NO/c27-26(28,29)22-12-4-3-11-21(22)10-2-1-6-14-24(23-13-5-9-18-30-23)17-19-31-25(20-24)15-7-8-16-25/h3-5,9,11-13,18H,1-2,6-8,10,14-17,19-20H2/t24-/m1/s1. The second kappa shape index (κ2) is 9.32. The van der Waals surface area contributed by atoms with Crippen LogP contribution in [0.25, 0.3) is 0 Å². The molecular formula is C26H32F3NO. The monoisotopic (exact) mass is 431 g/mol. The number of halogens is 3. The number of aryl methyl sites for hydroxylation is 1. The van der Waals surface area contributed by atoms with Gasteiger partial charge in [-0.1, -0.05) is 49.9 Å². The van der Waals surface area contributed by atoms with E-state index >= 15 is 0 Å². The van der Waals surface area contributed by atoms with E-state index in [0.717, 1.165) is 63.7 Å². The van der Waals surface area contributed by atoms with E-state index in [9.17, 15) is 13.2 Å². The highest BCUT2D eigenvalue weighted by Gasteiger charge is 2.48. The fraction of sp³-hybridized carbons (Fsp3) is 0.577. The van der Waals surface area contributed by atoms with Crippen LogP contribution in [0.1, 0.15) is 81.0 Å². The molecule has 2 nitrogen and oxygen atoms in total. The van der Waals surface area contributed by atoms with Crippen LogP contribution in [0.15, 0.2) is 48.7 Å². The zero-order valence-electron chi connectivity index (χ0n) is 18.1. The van der Waals surface area contributed by atoms with Gasteiger partial charge in [-0.15, -0.1) is 0 Å². The molecule has 0 radical (unpaired) electrons. The van der Waals surface area contributed by atoms with Gasteiger partial charge in [-0.05, 0) is 68.7 Å². The van der Waals surface area contributed by atoms with Gasteiger partial charge in [0.2, 0.25) is 0 Å². The van der Waals surface area contributed by atoms with Crippen molar-refractivity contribution < 1.29 is 17.9 Å². The molecule has 1 aromatic carbocycles. The number of benzene rings is 1. The van der Waals surface area contributed by atoms with Gasteiger partial charge in [-0.25, -0.2) is 0 Å². The Hall–Kier alpha value is -1.88. The van der Waals surface area contributed by atoms with Crippen molar-refractivity contribution in [3.8, 4) is 0 Å². The molecule has 168 valence electrons. The number of hydrogen-bond acceptors (Lipinski definition) is 2. The quantitative estimate of drug-likeness (QED) is 0.430. The minimum Gasteiger partial charge on any atom is -0.375 e. The molecule has 5 heteroatoms. The number of rotatable bonds is 7. The van der Waals surface area contributed by atoms with Gasteiger partial charge in [0.15, 0.2) is 0 Å². The second-order valence-electron chi connectivity index (χ2n) is 9.38. The predicted molar refractivity (Wildman–Crippen MR) is 116 cm³/mol. The summed E-state index contributed by atoms with van der Waals surface area (Å²) < 4.78 is 46.0. The van der Waals surface area contributed by atoms with E-state index in [2.05, 4.69) is 12.1 Å². The number of nitrogens with zero attached hydrogens (tertiary/aromatic N) is 1. The summed E-state index contributed by atoms with van der Waals surface area (Å²) in [5.41, 5.74) is 1.10. The third kappa shape index (κ3) is 5.14. The highest BCUT2D eigenvalue weighted by atomic mass is 19.4. The molecule has 2 aliphatic rings. The lowest BCUT2D eigenvalue weighted by Crippen LogP contribution is -2.46. The van der Waals surface area contributed by atoms with Crippen molar-refractivity contribution in [1.82, 2.24) is 4.98 Å². The Kier molecular flexibility index (Phi) is 6.71. The zero-order valence-corrected chi connectivity index (χ0v) is 18.1. The van der Waals surface area contributed by atoms with Crippen molar-refractivity contribution in [1.29, 1.82) is 0 Å². The molecule has 31 heavy (non-hydrogen) atoms. The summed E-state index contributed by atoms with van der Waals surface area (Å²) in [7, 11) is 0. The zero-order chi connectivity index (χ0) is 21.8. The molecule has 2 aromatic rings. The van der Waals surface area contributed by atoms with Gasteiger partial charge in [0, 0.05) is 23.9 Å². The Morgan fingerprint density at radius 1 is 0.903 bits per heavy atom. The maximum Gasteiger partial charge on any atom is 0.416 e. The van der Waals surface area contributed by atoms with Crippen molar-refractivity contribution in [2.45, 2.75) is 87.8 Å². The molecular weight excluding hydrogens is 399 g/mol. The molecule has 1 aromatic heterocycles. The summed E-state index contributed by atoms with van der Waals surface area (Å²) in [6.45, 7) is 0.773. The summed E-state index contributed by atoms with van der Waals surface area (Å²) in [6.07, 6.45) is 8.52. The summed E-state index contributed by atoms with van der Waals surface area (Å²) in [6, 6.07) is 12.1. The molecule has 0 bridgehead atoms. The number of pyridine rings is 1. The van der Waals surface area contributed by atoms with E-state index in [-0.39, 0.29) is 11.0 Å². The van der Waals surface area contributed by atoms with Crippen LogP contribution in [0.3, 0.4) is 0 Å². The molecule has 1 spiro atoms.